The lowest BCUT2D eigenvalue weighted by atomic mass is 10.1. The van der Waals surface area contributed by atoms with E-state index in [4.69, 9.17) is 5.11 Å². The molecule has 0 rings (SSSR count). The Labute approximate surface area is 117 Å². The predicted octanol–water partition coefficient (Wildman–Crippen LogP) is 0.776. The second-order valence-corrected chi connectivity index (χ2v) is 3.94. The number of nitrogens with zero attached hydrogens (tertiary/aromatic N) is 1. The van der Waals surface area contributed by atoms with Crippen LogP contribution in [0, 0.1) is 0 Å². The van der Waals surface area contributed by atoms with Crippen LogP contribution in [0.25, 0.3) is 0 Å². The normalized spacial score (nSPS) is 11.1. The number of hydrogen-bond donors (Lipinski definition) is 2. The highest BCUT2D eigenvalue weighted by molar-refractivity contribution is 5.83. The molecular weight excluding hydrogens is 264 g/mol. The molecule has 0 saturated heterocycles. The van der Waals surface area contributed by atoms with Gasteiger partial charge in [-0.15, -0.1) is 13.2 Å². The molecule has 0 unspecified atom stereocenters. The van der Waals surface area contributed by atoms with Crippen LogP contribution in [0.4, 0.5) is 4.79 Å². The van der Waals surface area contributed by atoms with E-state index in [0.29, 0.717) is 0 Å². The molecule has 0 aromatic rings. The molecule has 0 fully saturated rings. The Kier molecular flexibility index (Phi) is 8.49. The van der Waals surface area contributed by atoms with E-state index in [2.05, 4.69) is 23.2 Å². The molecule has 2 N–H and O–H groups in total. The first-order valence-electron chi connectivity index (χ1n) is 6.03. The Hall–Kier alpha value is -2.31. The summed E-state index contributed by atoms with van der Waals surface area (Å²) in [5.74, 6) is -1.74. The van der Waals surface area contributed by atoms with Gasteiger partial charge in [-0.3, -0.25) is 4.79 Å². The quantitative estimate of drug-likeness (QED) is 0.482. The highest BCUT2D eigenvalue weighted by Gasteiger charge is 2.23. The van der Waals surface area contributed by atoms with Gasteiger partial charge < -0.3 is 20.1 Å². The molecule has 7 heteroatoms. The molecule has 0 heterocycles. The number of rotatable bonds is 9. The number of methoxy groups -OCH3 is 1. The van der Waals surface area contributed by atoms with Crippen LogP contribution >= 0.6 is 0 Å². The molecule has 0 spiro atoms. The van der Waals surface area contributed by atoms with Gasteiger partial charge in [-0.25, -0.2) is 9.59 Å². The lowest BCUT2D eigenvalue weighted by Crippen LogP contribution is -2.48. The fourth-order valence-electron chi connectivity index (χ4n) is 1.41. The van der Waals surface area contributed by atoms with Gasteiger partial charge in [0.25, 0.3) is 0 Å². The summed E-state index contributed by atoms with van der Waals surface area (Å²) < 4.78 is 4.43. The van der Waals surface area contributed by atoms with Crippen LogP contribution in [-0.4, -0.2) is 54.2 Å². The second-order valence-electron chi connectivity index (χ2n) is 3.94. The van der Waals surface area contributed by atoms with Crippen molar-refractivity contribution in [3.8, 4) is 0 Å². The van der Waals surface area contributed by atoms with Crippen molar-refractivity contribution in [3.05, 3.63) is 25.3 Å². The van der Waals surface area contributed by atoms with Crippen LogP contribution in [0.2, 0.25) is 0 Å². The van der Waals surface area contributed by atoms with Crippen molar-refractivity contribution in [1.82, 2.24) is 10.2 Å². The Morgan fingerprint density at radius 3 is 2.25 bits per heavy atom. The molecule has 0 aromatic heterocycles. The largest absolute Gasteiger partial charge is 0.480 e. The number of carbonyl (C=O) groups excluding carboxylic acids is 2. The highest BCUT2D eigenvalue weighted by Crippen LogP contribution is 2.01. The molecule has 0 saturated carbocycles. The monoisotopic (exact) mass is 284 g/mol. The number of urea groups is 1. The summed E-state index contributed by atoms with van der Waals surface area (Å²) in [5.41, 5.74) is 0. The van der Waals surface area contributed by atoms with Crippen molar-refractivity contribution in [2.75, 3.05) is 20.2 Å². The van der Waals surface area contributed by atoms with Gasteiger partial charge in [-0.05, 0) is 6.42 Å². The van der Waals surface area contributed by atoms with Crippen LogP contribution in [0.5, 0.6) is 0 Å². The molecule has 0 radical (unpaired) electrons. The van der Waals surface area contributed by atoms with E-state index in [1.807, 2.05) is 0 Å². The lowest BCUT2D eigenvalue weighted by Gasteiger charge is -2.22. The van der Waals surface area contributed by atoms with Gasteiger partial charge in [-0.2, -0.15) is 0 Å². The van der Waals surface area contributed by atoms with Crippen molar-refractivity contribution in [2.45, 2.75) is 18.9 Å². The minimum atomic E-state index is -1.21. The number of carboxylic acid groups (broad SMARTS) is 1. The first-order valence-corrected chi connectivity index (χ1v) is 6.03. The Bertz CT molecular complexity index is 371. The van der Waals surface area contributed by atoms with Crippen LogP contribution < -0.4 is 5.32 Å². The van der Waals surface area contributed by atoms with Gasteiger partial charge in [0.1, 0.15) is 6.04 Å². The molecule has 7 nitrogen and oxygen atoms in total. The number of nitrogens with one attached hydrogen (secondary N) is 1. The summed E-state index contributed by atoms with van der Waals surface area (Å²) in [6, 6.07) is -1.71. The lowest BCUT2D eigenvalue weighted by molar-refractivity contribution is -0.142. The van der Waals surface area contributed by atoms with E-state index < -0.39 is 24.0 Å². The number of hydrogen-bond acceptors (Lipinski definition) is 4. The Morgan fingerprint density at radius 2 is 1.85 bits per heavy atom. The second kappa shape index (κ2) is 9.60. The fourth-order valence-corrected chi connectivity index (χ4v) is 1.41. The summed E-state index contributed by atoms with van der Waals surface area (Å²) >= 11 is 0. The number of ether oxygens (including phenoxy) is 1. The van der Waals surface area contributed by atoms with Gasteiger partial charge in [0.05, 0.1) is 7.11 Å². The van der Waals surface area contributed by atoms with Gasteiger partial charge in [0.2, 0.25) is 0 Å². The fraction of sp³-hybridized carbons (Fsp3) is 0.462. The molecule has 0 aliphatic rings. The number of aliphatic carboxylic acids is 1. The summed E-state index contributed by atoms with van der Waals surface area (Å²) in [6.45, 7) is 7.56. The zero-order valence-electron chi connectivity index (χ0n) is 11.5. The van der Waals surface area contributed by atoms with Gasteiger partial charge in [0, 0.05) is 19.5 Å². The smallest absolute Gasteiger partial charge is 0.326 e. The molecule has 0 aliphatic heterocycles. The molecule has 0 aromatic carbocycles. The predicted molar refractivity (Wildman–Crippen MR) is 73.2 cm³/mol. The minimum absolute atomic E-state index is 0.0379. The summed E-state index contributed by atoms with van der Waals surface area (Å²) in [7, 11) is 1.21. The van der Waals surface area contributed by atoms with Crippen molar-refractivity contribution < 1.29 is 24.2 Å². The topological polar surface area (TPSA) is 95.9 Å². The summed E-state index contributed by atoms with van der Waals surface area (Å²) in [4.78, 5) is 35.3. The molecule has 1 atom stereocenters. The van der Waals surface area contributed by atoms with Crippen molar-refractivity contribution in [2.24, 2.45) is 0 Å². The first-order chi connectivity index (χ1) is 9.46. The standard InChI is InChI=1S/C13H20N2O5/c1-4-8-15(9-5-2)13(19)14-10(12(17)18)6-7-11(16)20-3/h4-5,10H,1-2,6-9H2,3H3,(H,14,19)(H,17,18)/t10-/m1/s1. The molecule has 0 bridgehead atoms. The third kappa shape index (κ3) is 6.58. The van der Waals surface area contributed by atoms with E-state index in [9.17, 15) is 14.4 Å². The Balaban J connectivity index is 4.59. The van der Waals surface area contributed by atoms with E-state index in [1.165, 1.54) is 24.2 Å². The van der Waals surface area contributed by atoms with E-state index in [1.54, 1.807) is 0 Å². The SMILES string of the molecule is C=CCN(CC=C)C(=O)N[C@H](CCC(=O)OC)C(=O)O. The van der Waals surface area contributed by atoms with Gasteiger partial charge >= 0.3 is 18.0 Å². The molecule has 0 aliphatic carbocycles. The number of esters is 1. The van der Waals surface area contributed by atoms with Crippen molar-refractivity contribution in [1.29, 1.82) is 0 Å². The van der Waals surface area contributed by atoms with Crippen LogP contribution in [-0.2, 0) is 14.3 Å². The van der Waals surface area contributed by atoms with Gasteiger partial charge in [0.15, 0.2) is 0 Å². The van der Waals surface area contributed by atoms with Crippen molar-refractivity contribution in [3.63, 3.8) is 0 Å². The molecular formula is C13H20N2O5. The molecule has 2 amide bonds. The molecule has 20 heavy (non-hydrogen) atoms. The van der Waals surface area contributed by atoms with E-state index >= 15 is 0 Å². The third-order valence-corrected chi connectivity index (χ3v) is 2.45. The summed E-state index contributed by atoms with van der Waals surface area (Å²) in [6.07, 6.45) is 2.92. The maximum Gasteiger partial charge on any atom is 0.326 e. The zero-order chi connectivity index (χ0) is 15.5. The number of carboxylic acids is 1. The van der Waals surface area contributed by atoms with Crippen LogP contribution in [0.3, 0.4) is 0 Å². The van der Waals surface area contributed by atoms with Crippen molar-refractivity contribution >= 4 is 18.0 Å². The third-order valence-electron chi connectivity index (χ3n) is 2.45. The summed E-state index contributed by atoms with van der Waals surface area (Å²) in [5, 5.41) is 11.4. The van der Waals surface area contributed by atoms with E-state index in [0.717, 1.165) is 0 Å². The first kappa shape index (κ1) is 17.7. The maximum atomic E-state index is 11.9. The highest BCUT2D eigenvalue weighted by atomic mass is 16.5. The average molecular weight is 284 g/mol. The van der Waals surface area contributed by atoms with Crippen LogP contribution in [0.15, 0.2) is 25.3 Å². The molecule has 112 valence electrons. The minimum Gasteiger partial charge on any atom is -0.480 e. The Morgan fingerprint density at radius 1 is 1.30 bits per heavy atom. The average Bonchev–Trinajstić information content (AvgIpc) is 2.42. The van der Waals surface area contributed by atoms with E-state index in [-0.39, 0.29) is 25.9 Å². The zero-order valence-corrected chi connectivity index (χ0v) is 11.5. The maximum absolute atomic E-state index is 11.9. The van der Waals surface area contributed by atoms with Gasteiger partial charge in [-0.1, -0.05) is 12.2 Å². The van der Waals surface area contributed by atoms with Crippen LogP contribution in [0.1, 0.15) is 12.8 Å². The number of amides is 2. The number of carbonyl (C=O) groups is 3.